The van der Waals surface area contributed by atoms with Gasteiger partial charge in [-0.3, -0.25) is 4.79 Å². The molecule has 1 aliphatic rings. The summed E-state index contributed by atoms with van der Waals surface area (Å²) in [7, 11) is 1.33. The number of ether oxygens (including phenoxy) is 1. The summed E-state index contributed by atoms with van der Waals surface area (Å²) in [5.41, 5.74) is 0. The van der Waals surface area contributed by atoms with Gasteiger partial charge in [-0.2, -0.15) is 18.4 Å². The molecule has 0 aliphatic carbocycles. The van der Waals surface area contributed by atoms with Crippen molar-refractivity contribution in [3.05, 3.63) is 0 Å². The molecule has 0 saturated carbocycles. The first-order valence-electron chi connectivity index (χ1n) is 5.72. The van der Waals surface area contributed by atoms with E-state index in [1.54, 1.807) is 0 Å². The number of hydrogen-bond donors (Lipinski definition) is 2. The molecule has 1 atom stereocenters. The van der Waals surface area contributed by atoms with E-state index < -0.39 is 24.0 Å². The van der Waals surface area contributed by atoms with E-state index in [2.05, 4.69) is 10.1 Å². The van der Waals surface area contributed by atoms with E-state index >= 15 is 0 Å². The summed E-state index contributed by atoms with van der Waals surface area (Å²) in [5, 5.41) is 19.1. The van der Waals surface area contributed by atoms with Crippen molar-refractivity contribution in [3.8, 4) is 6.07 Å². The molecule has 0 bridgehead atoms. The maximum atomic E-state index is 11.2. The SMILES string of the molecule is COC(=O)C(C#N)C1CCNCC1.O=C(O)C(F)(F)F. The van der Waals surface area contributed by atoms with Crippen LogP contribution in [0.2, 0.25) is 0 Å². The molecule has 6 nitrogen and oxygen atoms in total. The summed E-state index contributed by atoms with van der Waals surface area (Å²) in [6.45, 7) is 1.78. The maximum absolute atomic E-state index is 11.2. The van der Waals surface area contributed by atoms with Crippen LogP contribution in [0.3, 0.4) is 0 Å². The number of carbonyl (C=O) groups is 2. The third-order valence-electron chi connectivity index (χ3n) is 2.69. The van der Waals surface area contributed by atoms with Crippen LogP contribution in [-0.4, -0.2) is 43.4 Å². The van der Waals surface area contributed by atoms with Gasteiger partial charge in [-0.25, -0.2) is 4.79 Å². The number of nitriles is 1. The highest BCUT2D eigenvalue weighted by Gasteiger charge is 2.38. The second-order valence-corrected chi connectivity index (χ2v) is 4.02. The van der Waals surface area contributed by atoms with Crippen LogP contribution in [0.25, 0.3) is 0 Å². The van der Waals surface area contributed by atoms with E-state index in [1.165, 1.54) is 7.11 Å². The Morgan fingerprint density at radius 3 is 2.15 bits per heavy atom. The number of carbonyl (C=O) groups excluding carboxylic acids is 1. The lowest BCUT2D eigenvalue weighted by Crippen LogP contribution is -2.34. The van der Waals surface area contributed by atoms with Gasteiger partial charge in [0.2, 0.25) is 0 Å². The second kappa shape index (κ2) is 8.37. The fourth-order valence-corrected chi connectivity index (χ4v) is 1.66. The molecule has 1 unspecified atom stereocenters. The van der Waals surface area contributed by atoms with Crippen molar-refractivity contribution in [1.82, 2.24) is 5.32 Å². The lowest BCUT2D eigenvalue weighted by molar-refractivity contribution is -0.192. The highest BCUT2D eigenvalue weighted by molar-refractivity contribution is 5.75. The normalized spacial score (nSPS) is 17.1. The van der Waals surface area contributed by atoms with Gasteiger partial charge >= 0.3 is 18.1 Å². The average molecular weight is 296 g/mol. The minimum absolute atomic E-state index is 0.165. The molecule has 0 radical (unpaired) electrons. The zero-order valence-electron chi connectivity index (χ0n) is 10.7. The lowest BCUT2D eigenvalue weighted by Gasteiger charge is -2.24. The van der Waals surface area contributed by atoms with E-state index in [1.807, 2.05) is 6.07 Å². The fourth-order valence-electron chi connectivity index (χ4n) is 1.66. The molecule has 0 aromatic rings. The Morgan fingerprint density at radius 1 is 1.40 bits per heavy atom. The van der Waals surface area contributed by atoms with E-state index in [4.69, 9.17) is 15.2 Å². The predicted molar refractivity (Wildman–Crippen MR) is 60.4 cm³/mol. The molecule has 0 aromatic heterocycles. The van der Waals surface area contributed by atoms with Crippen molar-refractivity contribution in [1.29, 1.82) is 5.26 Å². The van der Waals surface area contributed by atoms with Crippen LogP contribution in [0, 0.1) is 23.2 Å². The Morgan fingerprint density at radius 2 is 1.85 bits per heavy atom. The highest BCUT2D eigenvalue weighted by atomic mass is 19.4. The van der Waals surface area contributed by atoms with Gasteiger partial charge in [0, 0.05) is 0 Å². The molecule has 1 fully saturated rings. The zero-order chi connectivity index (χ0) is 15.8. The zero-order valence-corrected chi connectivity index (χ0v) is 10.7. The number of hydrogen-bond acceptors (Lipinski definition) is 5. The Hall–Kier alpha value is -1.82. The topological polar surface area (TPSA) is 99.4 Å². The molecule has 1 saturated heterocycles. The van der Waals surface area contributed by atoms with E-state index in [0.29, 0.717) is 0 Å². The van der Waals surface area contributed by atoms with Crippen molar-refractivity contribution in [2.45, 2.75) is 19.0 Å². The summed E-state index contributed by atoms with van der Waals surface area (Å²) in [6, 6.07) is 2.02. The van der Waals surface area contributed by atoms with Crippen LogP contribution in [0.15, 0.2) is 0 Å². The molecule has 1 rings (SSSR count). The highest BCUT2D eigenvalue weighted by Crippen LogP contribution is 2.22. The monoisotopic (exact) mass is 296 g/mol. The maximum Gasteiger partial charge on any atom is 0.490 e. The van der Waals surface area contributed by atoms with Gasteiger partial charge in [-0.15, -0.1) is 0 Å². The molecule has 0 spiro atoms. The first-order chi connectivity index (χ1) is 9.23. The predicted octanol–water partition coefficient (Wildman–Crippen LogP) is 0.932. The van der Waals surface area contributed by atoms with Crippen molar-refractivity contribution >= 4 is 11.9 Å². The second-order valence-electron chi connectivity index (χ2n) is 4.02. The van der Waals surface area contributed by atoms with E-state index in [-0.39, 0.29) is 5.92 Å². The van der Waals surface area contributed by atoms with Crippen LogP contribution >= 0.6 is 0 Å². The average Bonchev–Trinajstić information content (AvgIpc) is 2.40. The van der Waals surface area contributed by atoms with E-state index in [0.717, 1.165) is 25.9 Å². The van der Waals surface area contributed by atoms with Crippen molar-refractivity contribution in [2.75, 3.05) is 20.2 Å². The number of nitrogens with one attached hydrogen (secondary N) is 1. The smallest absolute Gasteiger partial charge is 0.475 e. The number of carboxylic acids is 1. The van der Waals surface area contributed by atoms with Gasteiger partial charge in [0.05, 0.1) is 13.2 Å². The first kappa shape index (κ1) is 18.2. The van der Waals surface area contributed by atoms with Gasteiger partial charge < -0.3 is 15.2 Å². The van der Waals surface area contributed by atoms with Gasteiger partial charge in [0.25, 0.3) is 0 Å². The summed E-state index contributed by atoms with van der Waals surface area (Å²) in [6.07, 6.45) is -3.32. The van der Waals surface area contributed by atoms with Crippen molar-refractivity contribution in [2.24, 2.45) is 11.8 Å². The Kier molecular flexibility index (Phi) is 7.61. The first-order valence-corrected chi connectivity index (χ1v) is 5.72. The largest absolute Gasteiger partial charge is 0.490 e. The van der Waals surface area contributed by atoms with Crippen LogP contribution in [0.4, 0.5) is 13.2 Å². The molecule has 1 heterocycles. The summed E-state index contributed by atoms with van der Waals surface area (Å²) < 4.78 is 36.3. The molecule has 114 valence electrons. The molecule has 20 heavy (non-hydrogen) atoms. The number of esters is 1. The van der Waals surface area contributed by atoms with Crippen molar-refractivity contribution < 1.29 is 32.6 Å². The number of aliphatic carboxylic acids is 1. The van der Waals surface area contributed by atoms with Crippen LogP contribution in [0.1, 0.15) is 12.8 Å². The van der Waals surface area contributed by atoms with Gasteiger partial charge in [0.15, 0.2) is 0 Å². The molecule has 0 aromatic carbocycles. The Labute approximate surface area is 113 Å². The number of carboxylic acid groups (broad SMARTS) is 1. The Balaban J connectivity index is 0.000000441. The third kappa shape index (κ3) is 6.38. The van der Waals surface area contributed by atoms with Crippen LogP contribution in [-0.2, 0) is 14.3 Å². The van der Waals surface area contributed by atoms with Gasteiger partial charge in [-0.1, -0.05) is 0 Å². The molecular formula is C11H15F3N2O4. The fraction of sp³-hybridized carbons (Fsp3) is 0.727. The molecule has 9 heteroatoms. The standard InChI is InChI=1S/C9H14N2O2.C2HF3O2/c1-13-9(12)8(6-10)7-2-4-11-5-3-7;3-2(4,5)1(6)7/h7-8,11H,2-5H2,1H3;(H,6,7). The minimum atomic E-state index is -5.08. The minimum Gasteiger partial charge on any atom is -0.475 e. The number of piperidine rings is 1. The molecular weight excluding hydrogens is 281 g/mol. The Bertz CT molecular complexity index is 373. The van der Waals surface area contributed by atoms with E-state index in [9.17, 15) is 18.0 Å². The summed E-state index contributed by atoms with van der Waals surface area (Å²) in [5.74, 6) is -3.56. The molecule has 1 aliphatic heterocycles. The molecule has 0 amide bonds. The van der Waals surface area contributed by atoms with Crippen LogP contribution in [0.5, 0.6) is 0 Å². The van der Waals surface area contributed by atoms with Gasteiger partial charge in [-0.05, 0) is 31.8 Å². The summed E-state index contributed by atoms with van der Waals surface area (Å²) in [4.78, 5) is 20.1. The van der Waals surface area contributed by atoms with Crippen LogP contribution < -0.4 is 5.32 Å². The number of halogens is 3. The number of methoxy groups -OCH3 is 1. The number of alkyl halides is 3. The van der Waals surface area contributed by atoms with Crippen molar-refractivity contribution in [3.63, 3.8) is 0 Å². The van der Waals surface area contributed by atoms with Gasteiger partial charge in [0.1, 0.15) is 5.92 Å². The number of rotatable bonds is 2. The molecule has 2 N–H and O–H groups in total. The third-order valence-corrected chi connectivity index (χ3v) is 2.69. The summed E-state index contributed by atoms with van der Waals surface area (Å²) >= 11 is 0. The lowest BCUT2D eigenvalue weighted by atomic mass is 9.86. The quantitative estimate of drug-likeness (QED) is 0.735. The number of nitrogens with zero attached hydrogens (tertiary/aromatic N) is 1.